The fraction of sp³-hybridized carbons (Fsp3) is 0.500. The van der Waals surface area contributed by atoms with Gasteiger partial charge in [0.25, 0.3) is 0 Å². The second-order valence-corrected chi connectivity index (χ2v) is 6.28. The number of ketones is 1. The lowest BCUT2D eigenvalue weighted by Gasteiger charge is -2.32. The molecule has 2 aromatic rings. The van der Waals surface area contributed by atoms with E-state index in [-0.39, 0.29) is 5.78 Å². The number of carbonyl (C=O) groups is 1. The second kappa shape index (κ2) is 5.64. The van der Waals surface area contributed by atoms with Crippen molar-refractivity contribution in [2.45, 2.75) is 39.2 Å². The van der Waals surface area contributed by atoms with Gasteiger partial charge in [-0.3, -0.25) is 9.69 Å². The number of piperidine rings is 1. The van der Waals surface area contributed by atoms with E-state index in [1.807, 2.05) is 26.1 Å². The van der Waals surface area contributed by atoms with Crippen molar-refractivity contribution in [2.24, 2.45) is 7.05 Å². The molecule has 0 unspecified atom stereocenters. The van der Waals surface area contributed by atoms with E-state index in [1.165, 1.54) is 19.3 Å². The highest BCUT2D eigenvalue weighted by Crippen LogP contribution is 2.26. The van der Waals surface area contributed by atoms with E-state index in [1.54, 1.807) is 0 Å². The minimum Gasteiger partial charge on any atom is -0.347 e. The second-order valence-electron chi connectivity index (χ2n) is 6.28. The zero-order valence-electron chi connectivity index (χ0n) is 13.2. The Morgan fingerprint density at radius 2 is 2.05 bits per heavy atom. The fourth-order valence-corrected chi connectivity index (χ4v) is 3.53. The normalized spacial score (nSPS) is 20.0. The zero-order chi connectivity index (χ0) is 15.0. The van der Waals surface area contributed by atoms with Gasteiger partial charge in [-0.15, -0.1) is 0 Å². The summed E-state index contributed by atoms with van der Waals surface area (Å²) >= 11 is 0. The molecule has 1 fully saturated rings. The summed E-state index contributed by atoms with van der Waals surface area (Å²) in [5.41, 5.74) is 3.13. The molecule has 0 aliphatic carbocycles. The monoisotopic (exact) mass is 284 g/mol. The molecule has 1 aromatic heterocycles. The average molecular weight is 284 g/mol. The first kappa shape index (κ1) is 14.3. The van der Waals surface area contributed by atoms with Gasteiger partial charge in [0.1, 0.15) is 0 Å². The molecule has 0 bridgehead atoms. The minimum atomic E-state index is 0.262. The Labute approximate surface area is 126 Å². The van der Waals surface area contributed by atoms with E-state index in [2.05, 4.69) is 28.5 Å². The lowest BCUT2D eigenvalue weighted by molar-refractivity contribution is 0.0861. The van der Waals surface area contributed by atoms with Gasteiger partial charge in [0.15, 0.2) is 5.78 Å². The Morgan fingerprint density at radius 1 is 1.29 bits per heavy atom. The van der Waals surface area contributed by atoms with Gasteiger partial charge in [0.2, 0.25) is 0 Å². The summed E-state index contributed by atoms with van der Waals surface area (Å²) in [4.78, 5) is 15.2. The molecular formula is C18H24N2O. The molecule has 0 amide bonds. The highest BCUT2D eigenvalue weighted by Gasteiger charge is 2.24. The maximum atomic E-state index is 12.9. The van der Waals surface area contributed by atoms with Crippen LogP contribution in [-0.4, -0.2) is 34.4 Å². The Kier molecular flexibility index (Phi) is 3.85. The molecule has 1 aromatic carbocycles. The van der Waals surface area contributed by atoms with Gasteiger partial charge in [0, 0.05) is 35.2 Å². The van der Waals surface area contributed by atoms with Crippen LogP contribution in [-0.2, 0) is 7.05 Å². The van der Waals surface area contributed by atoms with E-state index in [0.717, 1.165) is 28.7 Å². The zero-order valence-corrected chi connectivity index (χ0v) is 13.2. The molecule has 1 aliphatic rings. The van der Waals surface area contributed by atoms with Gasteiger partial charge >= 0.3 is 0 Å². The molecule has 0 saturated carbocycles. The minimum absolute atomic E-state index is 0.262. The van der Waals surface area contributed by atoms with Gasteiger partial charge in [-0.25, -0.2) is 0 Å². The molecule has 0 radical (unpaired) electrons. The largest absolute Gasteiger partial charge is 0.347 e. The van der Waals surface area contributed by atoms with Gasteiger partial charge in [-0.1, -0.05) is 24.6 Å². The lowest BCUT2D eigenvalue weighted by Crippen LogP contribution is -2.40. The van der Waals surface area contributed by atoms with Crippen molar-refractivity contribution in [3.63, 3.8) is 0 Å². The van der Waals surface area contributed by atoms with Crippen LogP contribution in [0.1, 0.15) is 42.2 Å². The van der Waals surface area contributed by atoms with Crippen LogP contribution in [0.5, 0.6) is 0 Å². The number of hydrogen-bond donors (Lipinski definition) is 0. The van der Waals surface area contributed by atoms with Crippen molar-refractivity contribution < 1.29 is 4.79 Å². The van der Waals surface area contributed by atoms with Crippen LogP contribution in [0.2, 0.25) is 0 Å². The summed E-state index contributed by atoms with van der Waals surface area (Å²) in [6, 6.07) is 8.72. The molecule has 0 spiro atoms. The fourth-order valence-electron chi connectivity index (χ4n) is 3.53. The van der Waals surface area contributed by atoms with Crippen LogP contribution >= 0.6 is 0 Å². The molecular weight excluding hydrogens is 260 g/mol. The number of aromatic nitrogens is 1. The van der Waals surface area contributed by atoms with Gasteiger partial charge in [-0.2, -0.15) is 0 Å². The molecule has 3 heteroatoms. The molecule has 112 valence electrons. The quantitative estimate of drug-likeness (QED) is 0.805. The number of para-hydroxylation sites is 1. The maximum absolute atomic E-state index is 12.9. The molecule has 1 saturated heterocycles. The number of carbonyl (C=O) groups excluding carboxylic acids is 1. The summed E-state index contributed by atoms with van der Waals surface area (Å²) in [5.74, 6) is 0.262. The lowest BCUT2D eigenvalue weighted by atomic mass is 10.0. The summed E-state index contributed by atoms with van der Waals surface area (Å²) in [6.07, 6.45) is 3.72. The van der Waals surface area contributed by atoms with E-state index < -0.39 is 0 Å². The summed E-state index contributed by atoms with van der Waals surface area (Å²) in [6.45, 7) is 5.89. The third-order valence-electron chi connectivity index (χ3n) is 4.97. The van der Waals surface area contributed by atoms with Crippen LogP contribution in [0.25, 0.3) is 10.9 Å². The number of aryl methyl sites for hydroxylation is 1. The topological polar surface area (TPSA) is 25.2 Å². The summed E-state index contributed by atoms with van der Waals surface area (Å²) in [5, 5.41) is 1.09. The predicted molar refractivity (Wildman–Crippen MR) is 86.9 cm³/mol. The summed E-state index contributed by atoms with van der Waals surface area (Å²) < 4.78 is 2.13. The molecule has 3 rings (SSSR count). The van der Waals surface area contributed by atoms with Gasteiger partial charge in [0.05, 0.1) is 6.54 Å². The smallest absolute Gasteiger partial charge is 0.179 e. The number of rotatable bonds is 3. The molecule has 1 atom stereocenters. The van der Waals surface area contributed by atoms with E-state index in [9.17, 15) is 4.79 Å². The van der Waals surface area contributed by atoms with Crippen molar-refractivity contribution in [1.82, 2.24) is 9.47 Å². The third kappa shape index (κ3) is 2.51. The Balaban J connectivity index is 1.93. The van der Waals surface area contributed by atoms with Crippen LogP contribution in [0.15, 0.2) is 24.3 Å². The standard InChI is InChI=1S/C18H24N2O/c1-13-8-6-7-11-20(13)12-17(21)18-14(2)19(3)16-10-5-4-9-15(16)18/h4-5,9-10,13H,6-8,11-12H2,1-3H3/t13-/m0/s1. The van der Waals surface area contributed by atoms with Crippen LogP contribution in [0.3, 0.4) is 0 Å². The van der Waals surface area contributed by atoms with Gasteiger partial charge in [-0.05, 0) is 39.3 Å². The molecule has 0 N–H and O–H groups in total. The first-order valence-corrected chi connectivity index (χ1v) is 7.91. The van der Waals surface area contributed by atoms with Crippen LogP contribution < -0.4 is 0 Å². The Morgan fingerprint density at radius 3 is 2.81 bits per heavy atom. The van der Waals surface area contributed by atoms with Crippen molar-refractivity contribution in [2.75, 3.05) is 13.1 Å². The average Bonchev–Trinajstić information content (AvgIpc) is 2.74. The molecule has 1 aliphatic heterocycles. The number of benzene rings is 1. The van der Waals surface area contributed by atoms with Crippen LogP contribution in [0.4, 0.5) is 0 Å². The SMILES string of the molecule is Cc1c(C(=O)CN2CCCC[C@@H]2C)c2ccccc2n1C. The first-order chi connectivity index (χ1) is 10.1. The Hall–Kier alpha value is -1.61. The number of fused-ring (bicyclic) bond motifs is 1. The van der Waals surface area contributed by atoms with Crippen molar-refractivity contribution in [3.05, 3.63) is 35.5 Å². The number of hydrogen-bond acceptors (Lipinski definition) is 2. The van der Waals surface area contributed by atoms with E-state index in [4.69, 9.17) is 0 Å². The van der Waals surface area contributed by atoms with E-state index >= 15 is 0 Å². The van der Waals surface area contributed by atoms with Gasteiger partial charge < -0.3 is 4.57 Å². The van der Waals surface area contributed by atoms with Crippen molar-refractivity contribution in [3.8, 4) is 0 Å². The third-order valence-corrected chi connectivity index (χ3v) is 4.97. The number of likely N-dealkylation sites (tertiary alicyclic amines) is 1. The van der Waals surface area contributed by atoms with Crippen molar-refractivity contribution >= 4 is 16.7 Å². The van der Waals surface area contributed by atoms with Crippen LogP contribution in [0, 0.1) is 6.92 Å². The Bertz CT molecular complexity index is 671. The van der Waals surface area contributed by atoms with Crippen molar-refractivity contribution in [1.29, 1.82) is 0 Å². The summed E-state index contributed by atoms with van der Waals surface area (Å²) in [7, 11) is 2.04. The number of nitrogens with zero attached hydrogens (tertiary/aromatic N) is 2. The highest BCUT2D eigenvalue weighted by molar-refractivity contribution is 6.10. The van der Waals surface area contributed by atoms with E-state index in [0.29, 0.717) is 12.6 Å². The predicted octanol–water partition coefficient (Wildman–Crippen LogP) is 3.54. The molecule has 3 nitrogen and oxygen atoms in total. The molecule has 2 heterocycles. The highest BCUT2D eigenvalue weighted by atomic mass is 16.1. The molecule has 21 heavy (non-hydrogen) atoms. The number of Topliss-reactive ketones (excluding diaryl/α,β-unsaturated/α-hetero) is 1. The maximum Gasteiger partial charge on any atom is 0.179 e. The first-order valence-electron chi connectivity index (χ1n) is 7.91.